The third kappa shape index (κ3) is 2.21. The fourth-order valence-electron chi connectivity index (χ4n) is 2.24. The van der Waals surface area contributed by atoms with Gasteiger partial charge in [-0.25, -0.2) is 4.39 Å². The summed E-state index contributed by atoms with van der Waals surface area (Å²) in [6, 6.07) is 1.45. The van der Waals surface area contributed by atoms with Crippen molar-refractivity contribution in [2.24, 2.45) is 5.84 Å². The maximum absolute atomic E-state index is 13.1. The molecule has 88 valence electrons. The van der Waals surface area contributed by atoms with Gasteiger partial charge in [-0.2, -0.15) is 11.8 Å². The van der Waals surface area contributed by atoms with Crippen molar-refractivity contribution < 1.29 is 4.39 Å². The monoisotopic (exact) mass is 241 g/mol. The van der Waals surface area contributed by atoms with Crippen LogP contribution in [0.1, 0.15) is 31.4 Å². The number of halogens is 1. The van der Waals surface area contributed by atoms with E-state index in [1.165, 1.54) is 18.7 Å². The molecular formula is C11H16FN3S. The molecule has 1 aromatic rings. The molecule has 2 rings (SSSR count). The normalized spacial score (nSPS) is 26.9. The number of hydrogen-bond acceptors (Lipinski definition) is 4. The smallest absolute Gasteiger partial charge is 0.141 e. The van der Waals surface area contributed by atoms with Gasteiger partial charge in [0.05, 0.1) is 12.2 Å². The minimum atomic E-state index is -0.315. The van der Waals surface area contributed by atoms with Crippen molar-refractivity contribution in [2.45, 2.75) is 30.6 Å². The van der Waals surface area contributed by atoms with Gasteiger partial charge in [-0.3, -0.25) is 16.3 Å². The Balaban J connectivity index is 2.28. The summed E-state index contributed by atoms with van der Waals surface area (Å²) in [4.78, 5) is 3.88. The third-order valence-electron chi connectivity index (χ3n) is 3.09. The molecule has 2 atom stereocenters. The average molecular weight is 241 g/mol. The first-order valence-electron chi connectivity index (χ1n) is 5.36. The van der Waals surface area contributed by atoms with Crippen LogP contribution >= 0.6 is 11.8 Å². The number of hydrogen-bond donors (Lipinski definition) is 2. The average Bonchev–Trinajstić information content (AvgIpc) is 2.67. The summed E-state index contributed by atoms with van der Waals surface area (Å²) < 4.78 is 13.2. The molecule has 2 unspecified atom stereocenters. The molecule has 1 aliphatic heterocycles. The maximum atomic E-state index is 13.1. The molecule has 0 aromatic carbocycles. The van der Waals surface area contributed by atoms with Gasteiger partial charge < -0.3 is 0 Å². The van der Waals surface area contributed by atoms with E-state index in [0.717, 1.165) is 17.7 Å². The second-order valence-electron chi connectivity index (χ2n) is 4.30. The lowest BCUT2D eigenvalue weighted by Crippen LogP contribution is -2.41. The highest BCUT2D eigenvalue weighted by atomic mass is 32.2. The summed E-state index contributed by atoms with van der Waals surface area (Å²) in [5.74, 6) is 6.43. The molecule has 5 heteroatoms. The van der Waals surface area contributed by atoms with Gasteiger partial charge in [-0.05, 0) is 37.1 Å². The number of pyridine rings is 1. The molecule has 3 N–H and O–H groups in total. The van der Waals surface area contributed by atoms with Crippen molar-refractivity contribution in [2.75, 3.05) is 5.75 Å². The molecule has 16 heavy (non-hydrogen) atoms. The van der Waals surface area contributed by atoms with Gasteiger partial charge in [0.15, 0.2) is 0 Å². The van der Waals surface area contributed by atoms with Crippen LogP contribution in [0.4, 0.5) is 4.39 Å². The first-order chi connectivity index (χ1) is 7.65. The van der Waals surface area contributed by atoms with E-state index >= 15 is 0 Å². The SMILES string of the molecule is CC1(C(NN)c2cncc(F)c2)CCCS1. The van der Waals surface area contributed by atoms with Crippen molar-refractivity contribution in [1.29, 1.82) is 0 Å². The molecular weight excluding hydrogens is 225 g/mol. The van der Waals surface area contributed by atoms with Gasteiger partial charge in [-0.1, -0.05) is 0 Å². The highest BCUT2D eigenvalue weighted by Crippen LogP contribution is 2.46. The van der Waals surface area contributed by atoms with Crippen molar-refractivity contribution in [3.63, 3.8) is 0 Å². The van der Waals surface area contributed by atoms with E-state index in [2.05, 4.69) is 17.3 Å². The van der Waals surface area contributed by atoms with Gasteiger partial charge in [0, 0.05) is 10.9 Å². The van der Waals surface area contributed by atoms with E-state index in [0.29, 0.717) is 0 Å². The topological polar surface area (TPSA) is 50.9 Å². The lowest BCUT2D eigenvalue weighted by atomic mass is 9.91. The van der Waals surface area contributed by atoms with E-state index in [1.54, 1.807) is 6.20 Å². The number of nitrogens with zero attached hydrogens (tertiary/aromatic N) is 1. The highest BCUT2D eigenvalue weighted by Gasteiger charge is 2.38. The van der Waals surface area contributed by atoms with Crippen molar-refractivity contribution in [3.05, 3.63) is 29.8 Å². The molecule has 1 saturated heterocycles. The lowest BCUT2D eigenvalue weighted by Gasteiger charge is -2.32. The summed E-state index contributed by atoms with van der Waals surface area (Å²) in [6.07, 6.45) is 5.16. The van der Waals surface area contributed by atoms with E-state index in [9.17, 15) is 4.39 Å². The molecule has 0 aliphatic carbocycles. The zero-order chi connectivity index (χ0) is 11.6. The minimum absolute atomic E-state index is 0.0320. The van der Waals surface area contributed by atoms with Gasteiger partial charge in [-0.15, -0.1) is 0 Å². The van der Waals surface area contributed by atoms with Crippen LogP contribution in [0.25, 0.3) is 0 Å². The second kappa shape index (κ2) is 4.69. The minimum Gasteiger partial charge on any atom is -0.271 e. The van der Waals surface area contributed by atoms with Crippen LogP contribution < -0.4 is 11.3 Å². The van der Waals surface area contributed by atoms with Crippen LogP contribution in [0.15, 0.2) is 18.5 Å². The highest BCUT2D eigenvalue weighted by molar-refractivity contribution is 8.00. The molecule has 1 aromatic heterocycles. The summed E-state index contributed by atoms with van der Waals surface area (Å²) >= 11 is 1.89. The quantitative estimate of drug-likeness (QED) is 0.628. The van der Waals surface area contributed by atoms with Crippen LogP contribution in [0, 0.1) is 5.82 Å². The molecule has 0 amide bonds. The Morgan fingerprint density at radius 1 is 1.62 bits per heavy atom. The number of thioether (sulfide) groups is 1. The summed E-state index contributed by atoms with van der Waals surface area (Å²) in [5, 5.41) is 0. The Kier molecular flexibility index (Phi) is 3.47. The van der Waals surface area contributed by atoms with E-state index < -0.39 is 0 Å². The molecule has 3 nitrogen and oxygen atoms in total. The summed E-state index contributed by atoms with van der Waals surface area (Å²) in [7, 11) is 0. The Bertz CT molecular complexity index is 366. The predicted molar refractivity (Wildman–Crippen MR) is 64.4 cm³/mol. The van der Waals surface area contributed by atoms with Crippen molar-refractivity contribution in [3.8, 4) is 0 Å². The summed E-state index contributed by atoms with van der Waals surface area (Å²) in [6.45, 7) is 2.17. The van der Waals surface area contributed by atoms with E-state index in [-0.39, 0.29) is 16.6 Å². The van der Waals surface area contributed by atoms with Gasteiger partial charge in [0.25, 0.3) is 0 Å². The first-order valence-corrected chi connectivity index (χ1v) is 6.35. The van der Waals surface area contributed by atoms with Crippen LogP contribution in [-0.4, -0.2) is 15.5 Å². The molecule has 0 bridgehead atoms. The molecule has 0 radical (unpaired) electrons. The molecule has 1 aliphatic rings. The standard InChI is InChI=1S/C11H16FN3S/c1-11(3-2-4-16-11)10(15-13)8-5-9(12)7-14-6-8/h5-7,10,15H,2-4,13H2,1H3. The third-order valence-corrected chi connectivity index (χ3v) is 4.68. The summed E-state index contributed by atoms with van der Waals surface area (Å²) in [5.41, 5.74) is 3.62. The largest absolute Gasteiger partial charge is 0.271 e. The fourth-order valence-corrected chi connectivity index (χ4v) is 3.65. The number of nitrogens with one attached hydrogen (secondary N) is 1. The fraction of sp³-hybridized carbons (Fsp3) is 0.545. The molecule has 1 fully saturated rings. The Hall–Kier alpha value is -0.650. The number of hydrazine groups is 1. The Morgan fingerprint density at radius 2 is 2.44 bits per heavy atom. The van der Waals surface area contributed by atoms with Crippen LogP contribution in [0.5, 0.6) is 0 Å². The van der Waals surface area contributed by atoms with Crippen molar-refractivity contribution in [1.82, 2.24) is 10.4 Å². The second-order valence-corrected chi connectivity index (χ2v) is 5.93. The number of nitrogens with two attached hydrogens (primary N) is 1. The van der Waals surface area contributed by atoms with Crippen LogP contribution in [0.2, 0.25) is 0 Å². The number of rotatable bonds is 3. The Labute approximate surface area is 99.0 Å². The first kappa shape index (κ1) is 11.8. The zero-order valence-electron chi connectivity index (χ0n) is 9.24. The van der Waals surface area contributed by atoms with Gasteiger partial charge >= 0.3 is 0 Å². The molecule has 2 heterocycles. The maximum Gasteiger partial charge on any atom is 0.141 e. The predicted octanol–water partition coefficient (Wildman–Crippen LogP) is 2.01. The van der Waals surface area contributed by atoms with Gasteiger partial charge in [0.2, 0.25) is 0 Å². The van der Waals surface area contributed by atoms with E-state index in [4.69, 9.17) is 5.84 Å². The lowest BCUT2D eigenvalue weighted by molar-refractivity contribution is 0.418. The molecule has 0 spiro atoms. The molecule has 0 saturated carbocycles. The van der Waals surface area contributed by atoms with E-state index in [1.807, 2.05) is 11.8 Å². The van der Waals surface area contributed by atoms with Crippen molar-refractivity contribution >= 4 is 11.8 Å². The Morgan fingerprint density at radius 3 is 3.00 bits per heavy atom. The zero-order valence-corrected chi connectivity index (χ0v) is 10.1. The van der Waals surface area contributed by atoms with Crippen LogP contribution in [0.3, 0.4) is 0 Å². The van der Waals surface area contributed by atoms with Gasteiger partial charge in [0.1, 0.15) is 5.82 Å². The number of aromatic nitrogens is 1. The van der Waals surface area contributed by atoms with Crippen LogP contribution in [-0.2, 0) is 0 Å².